The van der Waals surface area contributed by atoms with Crippen LogP contribution in [0.5, 0.6) is 0 Å². The van der Waals surface area contributed by atoms with Gasteiger partial charge < -0.3 is 9.88 Å². The topological polar surface area (TPSA) is 71.4 Å². The lowest BCUT2D eigenvalue weighted by Gasteiger charge is -2.31. The van der Waals surface area contributed by atoms with E-state index in [2.05, 4.69) is 16.8 Å². The highest BCUT2D eigenvalue weighted by Gasteiger charge is 2.33. The lowest BCUT2D eigenvalue weighted by atomic mass is 9.99. The third-order valence-corrected chi connectivity index (χ3v) is 7.89. The van der Waals surface area contributed by atoms with E-state index >= 15 is 0 Å². The predicted molar refractivity (Wildman–Crippen MR) is 122 cm³/mol. The zero-order valence-corrected chi connectivity index (χ0v) is 18.6. The van der Waals surface area contributed by atoms with Gasteiger partial charge in [-0.05, 0) is 56.0 Å². The number of nitrogens with zero attached hydrogens (tertiary/aromatic N) is 2. The van der Waals surface area contributed by atoms with Crippen LogP contribution >= 0.6 is 0 Å². The van der Waals surface area contributed by atoms with Crippen LogP contribution in [-0.4, -0.2) is 42.8 Å². The number of hydrogen-bond donors (Lipinski definition) is 1. The fourth-order valence-corrected chi connectivity index (χ4v) is 5.82. The van der Waals surface area contributed by atoms with Gasteiger partial charge in [0.25, 0.3) is 0 Å². The molecule has 0 saturated carbocycles. The first-order valence-electron chi connectivity index (χ1n) is 10.9. The molecule has 1 aliphatic rings. The summed E-state index contributed by atoms with van der Waals surface area (Å²) in [4.78, 5) is 13.0. The van der Waals surface area contributed by atoms with Crippen LogP contribution in [0.4, 0.5) is 0 Å². The quantitative estimate of drug-likeness (QED) is 0.613. The van der Waals surface area contributed by atoms with Crippen LogP contribution < -0.4 is 5.32 Å². The van der Waals surface area contributed by atoms with Gasteiger partial charge in [-0.3, -0.25) is 4.79 Å². The summed E-state index contributed by atoms with van der Waals surface area (Å²) < 4.78 is 30.1. The zero-order valence-electron chi connectivity index (χ0n) is 17.8. The van der Waals surface area contributed by atoms with Gasteiger partial charge in [0.2, 0.25) is 15.9 Å². The molecule has 2 heterocycles. The number of nitrogens with one attached hydrogen (secondary N) is 1. The molecule has 31 heavy (non-hydrogen) atoms. The van der Waals surface area contributed by atoms with Gasteiger partial charge in [0, 0.05) is 43.3 Å². The summed E-state index contributed by atoms with van der Waals surface area (Å²) in [5, 5.41) is 3.89. The van der Waals surface area contributed by atoms with Crippen LogP contribution in [0.15, 0.2) is 65.7 Å². The van der Waals surface area contributed by atoms with Crippen LogP contribution in [0.3, 0.4) is 0 Å². The number of fused-ring (bicyclic) bond motifs is 1. The second-order valence-corrected chi connectivity index (χ2v) is 9.99. The van der Waals surface area contributed by atoms with Crippen LogP contribution in [0.25, 0.3) is 10.9 Å². The molecule has 164 valence electrons. The first-order valence-corrected chi connectivity index (χ1v) is 12.3. The maximum Gasteiger partial charge on any atom is 0.243 e. The van der Waals surface area contributed by atoms with Gasteiger partial charge in [-0.1, -0.05) is 30.3 Å². The molecular weight excluding hydrogens is 410 g/mol. The van der Waals surface area contributed by atoms with Crippen molar-refractivity contribution in [3.63, 3.8) is 0 Å². The molecule has 1 fully saturated rings. The highest BCUT2D eigenvalue weighted by molar-refractivity contribution is 7.89. The molecule has 4 rings (SSSR count). The van der Waals surface area contributed by atoms with E-state index in [9.17, 15) is 13.2 Å². The second kappa shape index (κ2) is 9.24. The molecule has 1 atom stereocenters. The number of amides is 1. The number of aromatic nitrogens is 1. The van der Waals surface area contributed by atoms with Crippen molar-refractivity contribution in [3.05, 3.63) is 66.4 Å². The third kappa shape index (κ3) is 4.67. The average molecular weight is 440 g/mol. The molecule has 0 bridgehead atoms. The fraction of sp³-hybridized carbons (Fsp3) is 0.375. The minimum Gasteiger partial charge on any atom is -0.355 e. The lowest BCUT2D eigenvalue weighted by Crippen LogP contribution is -2.45. The van der Waals surface area contributed by atoms with Crippen molar-refractivity contribution in [1.29, 1.82) is 0 Å². The van der Waals surface area contributed by atoms with Gasteiger partial charge in [0.05, 0.1) is 10.8 Å². The van der Waals surface area contributed by atoms with E-state index in [0.717, 1.165) is 23.9 Å². The Morgan fingerprint density at radius 1 is 1.13 bits per heavy atom. The molecule has 6 nitrogen and oxygen atoms in total. The Labute approximate surface area is 183 Å². The number of carbonyl (C=O) groups is 1. The summed E-state index contributed by atoms with van der Waals surface area (Å²) in [7, 11) is -3.64. The van der Waals surface area contributed by atoms with Gasteiger partial charge in [0.15, 0.2) is 0 Å². The van der Waals surface area contributed by atoms with Gasteiger partial charge in [-0.15, -0.1) is 0 Å². The highest BCUT2D eigenvalue weighted by Crippen LogP contribution is 2.27. The third-order valence-electron chi connectivity index (χ3n) is 6.03. The standard InChI is InChI=1S/C24H29N3O3S/c1-2-26-16-13-20-17-22(10-11-23(20)26)31(29,30)27-15-6-9-21(18-27)24(28)25-14-12-19-7-4-3-5-8-19/h3-5,7-8,10-11,13,16-17,21H,2,6,9,12,14-15,18H2,1H3,(H,25,28)/t21-/m0/s1. The van der Waals surface area contributed by atoms with Crippen molar-refractivity contribution >= 4 is 26.8 Å². The van der Waals surface area contributed by atoms with Crippen LogP contribution in [0, 0.1) is 5.92 Å². The maximum absolute atomic E-state index is 13.3. The van der Waals surface area contributed by atoms with E-state index in [1.54, 1.807) is 12.1 Å². The first kappa shape index (κ1) is 21.6. The minimum atomic E-state index is -3.64. The molecule has 1 N–H and O–H groups in total. The molecule has 0 unspecified atom stereocenters. The number of aryl methyl sites for hydroxylation is 1. The van der Waals surface area contributed by atoms with Crippen molar-refractivity contribution < 1.29 is 13.2 Å². The Balaban J connectivity index is 1.41. The van der Waals surface area contributed by atoms with Gasteiger partial charge in [-0.25, -0.2) is 8.42 Å². The molecule has 1 aromatic heterocycles. The van der Waals surface area contributed by atoms with Gasteiger partial charge >= 0.3 is 0 Å². The SMILES string of the molecule is CCn1ccc2cc(S(=O)(=O)N3CCC[C@H](C(=O)NCCc4ccccc4)C3)ccc21. The monoisotopic (exact) mass is 439 g/mol. The summed E-state index contributed by atoms with van der Waals surface area (Å²) in [6.45, 7) is 4.13. The zero-order chi connectivity index (χ0) is 21.8. The Kier molecular flexibility index (Phi) is 6.43. The fourth-order valence-electron chi connectivity index (χ4n) is 4.26. The summed E-state index contributed by atoms with van der Waals surface area (Å²) >= 11 is 0. The molecule has 3 aromatic rings. The molecular formula is C24H29N3O3S. The number of piperidine rings is 1. The van der Waals surface area contributed by atoms with E-state index in [0.29, 0.717) is 30.8 Å². The molecule has 2 aromatic carbocycles. The number of hydrogen-bond acceptors (Lipinski definition) is 3. The number of rotatable bonds is 7. The van der Waals surface area contributed by atoms with Gasteiger partial charge in [-0.2, -0.15) is 4.31 Å². The van der Waals surface area contributed by atoms with E-state index in [1.165, 1.54) is 9.87 Å². The number of sulfonamides is 1. The van der Waals surface area contributed by atoms with Crippen LogP contribution in [0.2, 0.25) is 0 Å². The second-order valence-electron chi connectivity index (χ2n) is 8.05. The summed E-state index contributed by atoms with van der Waals surface area (Å²) in [5.41, 5.74) is 2.19. The smallest absolute Gasteiger partial charge is 0.243 e. The molecule has 1 saturated heterocycles. The van der Waals surface area contributed by atoms with Crippen molar-refractivity contribution in [1.82, 2.24) is 14.2 Å². The van der Waals surface area contributed by atoms with E-state index < -0.39 is 10.0 Å². The molecule has 7 heteroatoms. The molecule has 0 aliphatic carbocycles. The molecule has 1 aliphatic heterocycles. The Bertz CT molecular complexity index is 1160. The van der Waals surface area contributed by atoms with Crippen LogP contribution in [0.1, 0.15) is 25.3 Å². The normalized spacial score (nSPS) is 17.6. The highest BCUT2D eigenvalue weighted by atomic mass is 32.2. The largest absolute Gasteiger partial charge is 0.355 e. The first-order chi connectivity index (χ1) is 15.0. The number of carbonyl (C=O) groups excluding carboxylic acids is 1. The van der Waals surface area contributed by atoms with E-state index in [1.807, 2.05) is 48.7 Å². The van der Waals surface area contributed by atoms with Crippen molar-refractivity contribution in [2.75, 3.05) is 19.6 Å². The Morgan fingerprint density at radius 3 is 2.71 bits per heavy atom. The van der Waals surface area contributed by atoms with Gasteiger partial charge in [0.1, 0.15) is 0 Å². The Morgan fingerprint density at radius 2 is 1.94 bits per heavy atom. The minimum absolute atomic E-state index is 0.0636. The maximum atomic E-state index is 13.3. The van der Waals surface area contributed by atoms with Crippen molar-refractivity contribution in [2.24, 2.45) is 5.92 Å². The van der Waals surface area contributed by atoms with Crippen molar-refractivity contribution in [3.8, 4) is 0 Å². The number of benzene rings is 2. The van der Waals surface area contributed by atoms with E-state index in [4.69, 9.17) is 0 Å². The summed E-state index contributed by atoms with van der Waals surface area (Å²) in [6, 6.07) is 17.2. The molecule has 1 amide bonds. The van der Waals surface area contributed by atoms with Crippen LogP contribution in [-0.2, 0) is 27.8 Å². The molecule has 0 spiro atoms. The predicted octanol–water partition coefficient (Wildman–Crippen LogP) is 3.42. The average Bonchev–Trinajstić information content (AvgIpc) is 3.22. The lowest BCUT2D eigenvalue weighted by molar-refractivity contribution is -0.126. The van der Waals surface area contributed by atoms with E-state index in [-0.39, 0.29) is 18.4 Å². The summed E-state index contributed by atoms with van der Waals surface area (Å²) in [5.74, 6) is -0.379. The summed E-state index contributed by atoms with van der Waals surface area (Å²) in [6.07, 6.45) is 4.13. The molecule has 0 radical (unpaired) electrons. The Hall–Kier alpha value is -2.64. The van der Waals surface area contributed by atoms with Crippen molar-refractivity contribution in [2.45, 2.75) is 37.6 Å².